The molecule has 1 fully saturated rings. The van der Waals surface area contributed by atoms with Crippen LogP contribution < -0.4 is 11.3 Å². The van der Waals surface area contributed by atoms with Crippen molar-refractivity contribution in [2.45, 2.75) is 25.6 Å². The second-order valence-corrected chi connectivity index (χ2v) is 4.30. The van der Waals surface area contributed by atoms with Gasteiger partial charge in [0.2, 0.25) is 0 Å². The molecule has 5 nitrogen and oxygen atoms in total. The van der Waals surface area contributed by atoms with Gasteiger partial charge in [0.25, 0.3) is 5.91 Å². The standard InChI is InChI=1S/C13H18N2O3/c14-15-13(16)11-3-1-2-10(8-11)9-18-12-4-6-17-7-5-12/h1-3,8,12H,4-7,9,14H2,(H,15,16). The van der Waals surface area contributed by atoms with Gasteiger partial charge >= 0.3 is 0 Å². The van der Waals surface area contributed by atoms with E-state index in [0.717, 1.165) is 31.6 Å². The Morgan fingerprint density at radius 1 is 1.44 bits per heavy atom. The molecule has 0 unspecified atom stereocenters. The Labute approximate surface area is 106 Å². The molecular weight excluding hydrogens is 232 g/mol. The lowest BCUT2D eigenvalue weighted by Crippen LogP contribution is -2.30. The number of hydrogen-bond acceptors (Lipinski definition) is 4. The first-order valence-corrected chi connectivity index (χ1v) is 6.09. The number of ether oxygens (including phenoxy) is 2. The number of nitrogen functional groups attached to an aromatic ring is 1. The molecule has 1 amide bonds. The largest absolute Gasteiger partial charge is 0.381 e. The van der Waals surface area contributed by atoms with Crippen LogP contribution in [0.3, 0.4) is 0 Å². The van der Waals surface area contributed by atoms with Gasteiger partial charge < -0.3 is 9.47 Å². The van der Waals surface area contributed by atoms with Gasteiger partial charge in [0.05, 0.1) is 12.7 Å². The van der Waals surface area contributed by atoms with Crippen molar-refractivity contribution in [2.75, 3.05) is 13.2 Å². The Kier molecular flexibility index (Phi) is 4.69. The highest BCUT2D eigenvalue weighted by molar-refractivity contribution is 5.93. The summed E-state index contributed by atoms with van der Waals surface area (Å²) in [7, 11) is 0. The first-order chi connectivity index (χ1) is 8.79. The fourth-order valence-corrected chi connectivity index (χ4v) is 1.94. The summed E-state index contributed by atoms with van der Waals surface area (Å²) in [6.45, 7) is 2.04. The Balaban J connectivity index is 1.90. The summed E-state index contributed by atoms with van der Waals surface area (Å²) < 4.78 is 11.1. The zero-order valence-corrected chi connectivity index (χ0v) is 10.2. The number of amides is 1. The first kappa shape index (κ1) is 13.0. The lowest BCUT2D eigenvalue weighted by molar-refractivity contribution is -0.0390. The van der Waals surface area contributed by atoms with Crippen molar-refractivity contribution in [3.05, 3.63) is 35.4 Å². The maximum atomic E-state index is 11.4. The van der Waals surface area contributed by atoms with Crippen LogP contribution in [0.2, 0.25) is 0 Å². The predicted octanol–water partition coefficient (Wildman–Crippen LogP) is 0.986. The van der Waals surface area contributed by atoms with Gasteiger partial charge in [-0.1, -0.05) is 12.1 Å². The average molecular weight is 250 g/mol. The van der Waals surface area contributed by atoms with Crippen molar-refractivity contribution >= 4 is 5.91 Å². The third-order valence-corrected chi connectivity index (χ3v) is 2.97. The zero-order chi connectivity index (χ0) is 12.8. The number of nitrogens with two attached hydrogens (primary N) is 1. The minimum absolute atomic E-state index is 0.255. The predicted molar refractivity (Wildman–Crippen MR) is 66.7 cm³/mol. The molecule has 1 heterocycles. The van der Waals surface area contributed by atoms with E-state index in [1.54, 1.807) is 12.1 Å². The fraction of sp³-hybridized carbons (Fsp3) is 0.462. The molecule has 0 atom stereocenters. The van der Waals surface area contributed by atoms with Crippen molar-refractivity contribution in [3.63, 3.8) is 0 Å². The third kappa shape index (κ3) is 3.53. The normalized spacial score (nSPS) is 16.5. The van der Waals surface area contributed by atoms with Gasteiger partial charge in [-0.3, -0.25) is 10.2 Å². The molecule has 0 radical (unpaired) electrons. The van der Waals surface area contributed by atoms with Crippen molar-refractivity contribution in [3.8, 4) is 0 Å². The Hall–Kier alpha value is -1.43. The van der Waals surface area contributed by atoms with E-state index in [1.807, 2.05) is 12.1 Å². The molecule has 0 saturated carbocycles. The third-order valence-electron chi connectivity index (χ3n) is 2.97. The van der Waals surface area contributed by atoms with Crippen molar-refractivity contribution in [2.24, 2.45) is 5.84 Å². The van der Waals surface area contributed by atoms with E-state index < -0.39 is 0 Å². The van der Waals surface area contributed by atoms with Crippen LogP contribution in [0, 0.1) is 0 Å². The molecule has 18 heavy (non-hydrogen) atoms. The van der Waals surface area contributed by atoms with Crippen LogP contribution in [0.15, 0.2) is 24.3 Å². The quantitative estimate of drug-likeness (QED) is 0.475. The molecule has 0 aromatic heterocycles. The van der Waals surface area contributed by atoms with Crippen molar-refractivity contribution in [1.82, 2.24) is 5.43 Å². The summed E-state index contributed by atoms with van der Waals surface area (Å²) in [4.78, 5) is 11.4. The van der Waals surface area contributed by atoms with E-state index in [9.17, 15) is 4.79 Å². The SMILES string of the molecule is NNC(=O)c1cccc(COC2CCOCC2)c1. The maximum absolute atomic E-state index is 11.4. The minimum Gasteiger partial charge on any atom is -0.381 e. The summed E-state index contributed by atoms with van der Waals surface area (Å²) in [5.41, 5.74) is 3.64. The molecule has 98 valence electrons. The van der Waals surface area contributed by atoms with E-state index in [4.69, 9.17) is 15.3 Å². The lowest BCUT2D eigenvalue weighted by Gasteiger charge is -2.22. The Bertz CT molecular complexity index is 403. The molecule has 0 spiro atoms. The summed E-state index contributed by atoms with van der Waals surface area (Å²) in [5.74, 6) is 4.81. The van der Waals surface area contributed by atoms with Crippen molar-refractivity contribution in [1.29, 1.82) is 0 Å². The van der Waals surface area contributed by atoms with Gasteiger partial charge in [-0.2, -0.15) is 0 Å². The smallest absolute Gasteiger partial charge is 0.265 e. The van der Waals surface area contributed by atoms with Gasteiger partial charge in [0, 0.05) is 18.8 Å². The van der Waals surface area contributed by atoms with Gasteiger partial charge in [-0.25, -0.2) is 5.84 Å². The highest BCUT2D eigenvalue weighted by Gasteiger charge is 2.14. The number of hydrogen-bond donors (Lipinski definition) is 2. The number of rotatable bonds is 4. The Morgan fingerprint density at radius 3 is 2.94 bits per heavy atom. The summed E-state index contributed by atoms with van der Waals surface area (Å²) >= 11 is 0. The second-order valence-electron chi connectivity index (χ2n) is 4.30. The highest BCUT2D eigenvalue weighted by Crippen LogP contribution is 2.14. The number of benzene rings is 1. The van der Waals surface area contributed by atoms with Crippen LogP contribution >= 0.6 is 0 Å². The Morgan fingerprint density at radius 2 is 2.22 bits per heavy atom. The molecule has 1 aliphatic heterocycles. The molecule has 0 bridgehead atoms. The topological polar surface area (TPSA) is 73.6 Å². The van der Waals surface area contributed by atoms with Gasteiger partial charge in [-0.15, -0.1) is 0 Å². The van der Waals surface area contributed by atoms with Crippen LogP contribution in [-0.2, 0) is 16.1 Å². The molecule has 1 aromatic carbocycles. The van der Waals surface area contributed by atoms with E-state index in [0.29, 0.717) is 12.2 Å². The maximum Gasteiger partial charge on any atom is 0.265 e. The van der Waals surface area contributed by atoms with Gasteiger partial charge in [0.15, 0.2) is 0 Å². The zero-order valence-electron chi connectivity index (χ0n) is 10.2. The van der Waals surface area contributed by atoms with Crippen LogP contribution in [0.4, 0.5) is 0 Å². The van der Waals surface area contributed by atoms with Crippen LogP contribution in [0.5, 0.6) is 0 Å². The molecule has 1 aromatic rings. The summed E-state index contributed by atoms with van der Waals surface area (Å²) in [6, 6.07) is 7.28. The lowest BCUT2D eigenvalue weighted by atomic mass is 10.1. The van der Waals surface area contributed by atoms with Gasteiger partial charge in [-0.05, 0) is 30.5 Å². The highest BCUT2D eigenvalue weighted by atomic mass is 16.5. The average Bonchev–Trinajstić information content (AvgIpc) is 2.45. The number of carbonyl (C=O) groups excluding carboxylic acids is 1. The van der Waals surface area contributed by atoms with Crippen LogP contribution in [0.25, 0.3) is 0 Å². The number of carbonyl (C=O) groups is 1. The molecule has 0 aliphatic carbocycles. The first-order valence-electron chi connectivity index (χ1n) is 6.09. The molecule has 5 heteroatoms. The van der Waals surface area contributed by atoms with Crippen LogP contribution in [0.1, 0.15) is 28.8 Å². The minimum atomic E-state index is -0.289. The van der Waals surface area contributed by atoms with E-state index in [2.05, 4.69) is 5.43 Å². The van der Waals surface area contributed by atoms with E-state index in [-0.39, 0.29) is 12.0 Å². The molecule has 2 rings (SSSR count). The van der Waals surface area contributed by atoms with Gasteiger partial charge in [0.1, 0.15) is 0 Å². The fourth-order valence-electron chi connectivity index (χ4n) is 1.94. The molecular formula is C13H18N2O3. The molecule has 1 saturated heterocycles. The molecule has 1 aliphatic rings. The second kappa shape index (κ2) is 6.49. The summed E-state index contributed by atoms with van der Waals surface area (Å²) in [6.07, 6.45) is 2.12. The van der Waals surface area contributed by atoms with E-state index >= 15 is 0 Å². The van der Waals surface area contributed by atoms with E-state index in [1.165, 1.54) is 0 Å². The summed E-state index contributed by atoms with van der Waals surface area (Å²) in [5, 5.41) is 0. The monoisotopic (exact) mass is 250 g/mol. The molecule has 3 N–H and O–H groups in total. The number of hydrazine groups is 1. The van der Waals surface area contributed by atoms with Crippen LogP contribution in [-0.4, -0.2) is 25.2 Å². The number of nitrogens with one attached hydrogen (secondary N) is 1. The van der Waals surface area contributed by atoms with Crippen molar-refractivity contribution < 1.29 is 14.3 Å².